The van der Waals surface area contributed by atoms with Crippen molar-refractivity contribution in [2.45, 2.75) is 82.7 Å². The van der Waals surface area contributed by atoms with E-state index in [9.17, 15) is 4.79 Å². The number of primary amides is 1. The van der Waals surface area contributed by atoms with E-state index in [1.165, 1.54) is 44.9 Å². The summed E-state index contributed by atoms with van der Waals surface area (Å²) < 4.78 is 0. The molecule has 0 aliphatic heterocycles. The lowest BCUT2D eigenvalue weighted by Crippen LogP contribution is -2.63. The Balaban J connectivity index is 2.06. The molecule has 18 heavy (non-hydrogen) atoms. The lowest BCUT2D eigenvalue weighted by atomic mass is 9.72. The zero-order chi connectivity index (χ0) is 13.0. The molecule has 2 fully saturated rings. The number of hydrogen-bond donors (Lipinski definition) is 2. The first-order chi connectivity index (χ1) is 8.65. The Hall–Kier alpha value is -0.570. The molecule has 2 aliphatic carbocycles. The second-order valence-corrected chi connectivity index (χ2v) is 6.32. The standard InChI is InChI=1S/C15H28N2O/c1-12-8-6-7-11-15(12,14(16)18)17-13-9-4-2-3-5-10-13/h12-13,17H,2-11H2,1H3,(H2,16,18). The van der Waals surface area contributed by atoms with Crippen LogP contribution in [0.15, 0.2) is 0 Å². The van der Waals surface area contributed by atoms with Crippen molar-refractivity contribution in [1.29, 1.82) is 0 Å². The van der Waals surface area contributed by atoms with Crippen molar-refractivity contribution in [3.63, 3.8) is 0 Å². The third kappa shape index (κ3) is 2.87. The zero-order valence-corrected chi connectivity index (χ0v) is 11.7. The van der Waals surface area contributed by atoms with Gasteiger partial charge in [-0.25, -0.2) is 0 Å². The summed E-state index contributed by atoms with van der Waals surface area (Å²) in [6, 6.07) is 0.501. The maximum absolute atomic E-state index is 12.0. The van der Waals surface area contributed by atoms with Gasteiger partial charge < -0.3 is 11.1 Å². The van der Waals surface area contributed by atoms with E-state index in [0.29, 0.717) is 12.0 Å². The molecule has 0 bridgehead atoms. The van der Waals surface area contributed by atoms with Crippen molar-refractivity contribution < 1.29 is 4.79 Å². The van der Waals surface area contributed by atoms with E-state index in [1.54, 1.807) is 0 Å². The molecule has 0 radical (unpaired) electrons. The van der Waals surface area contributed by atoms with Crippen LogP contribution in [-0.4, -0.2) is 17.5 Å². The van der Waals surface area contributed by atoms with Gasteiger partial charge in [0.25, 0.3) is 0 Å². The molecule has 2 rings (SSSR count). The van der Waals surface area contributed by atoms with Crippen molar-refractivity contribution in [3.05, 3.63) is 0 Å². The number of hydrogen-bond acceptors (Lipinski definition) is 2. The first kappa shape index (κ1) is 13.9. The Morgan fingerprint density at radius 1 is 1.06 bits per heavy atom. The fraction of sp³-hybridized carbons (Fsp3) is 0.933. The summed E-state index contributed by atoms with van der Waals surface area (Å²) in [6.07, 6.45) is 12.1. The molecular weight excluding hydrogens is 224 g/mol. The smallest absolute Gasteiger partial charge is 0.238 e. The minimum atomic E-state index is -0.423. The van der Waals surface area contributed by atoms with Gasteiger partial charge in [0.1, 0.15) is 5.54 Å². The van der Waals surface area contributed by atoms with Crippen LogP contribution in [0.2, 0.25) is 0 Å². The van der Waals surface area contributed by atoms with Gasteiger partial charge in [0.15, 0.2) is 0 Å². The van der Waals surface area contributed by atoms with Gasteiger partial charge in [0.2, 0.25) is 5.91 Å². The Labute approximate surface area is 111 Å². The minimum Gasteiger partial charge on any atom is -0.368 e. The van der Waals surface area contributed by atoms with Crippen LogP contribution in [0.25, 0.3) is 0 Å². The van der Waals surface area contributed by atoms with Crippen molar-refractivity contribution in [1.82, 2.24) is 5.32 Å². The van der Waals surface area contributed by atoms with Gasteiger partial charge in [-0.05, 0) is 31.6 Å². The number of nitrogens with one attached hydrogen (secondary N) is 1. The fourth-order valence-corrected chi connectivity index (χ4v) is 3.79. The summed E-state index contributed by atoms with van der Waals surface area (Å²) in [5.41, 5.74) is 5.32. The molecule has 2 unspecified atom stereocenters. The maximum atomic E-state index is 12.0. The highest BCUT2D eigenvalue weighted by molar-refractivity contribution is 5.85. The van der Waals surface area contributed by atoms with E-state index < -0.39 is 5.54 Å². The SMILES string of the molecule is CC1CCCCC1(NC1CCCCCC1)C(N)=O. The summed E-state index contributed by atoms with van der Waals surface area (Å²) in [6.45, 7) is 2.19. The first-order valence-electron chi connectivity index (χ1n) is 7.73. The van der Waals surface area contributed by atoms with Crippen molar-refractivity contribution in [2.75, 3.05) is 0 Å². The number of amides is 1. The zero-order valence-electron chi connectivity index (χ0n) is 11.7. The van der Waals surface area contributed by atoms with Crippen LogP contribution in [0.4, 0.5) is 0 Å². The van der Waals surface area contributed by atoms with Crippen LogP contribution < -0.4 is 11.1 Å². The number of carbonyl (C=O) groups excluding carboxylic acids is 1. The van der Waals surface area contributed by atoms with Gasteiger partial charge in [-0.15, -0.1) is 0 Å². The van der Waals surface area contributed by atoms with Crippen molar-refractivity contribution in [3.8, 4) is 0 Å². The van der Waals surface area contributed by atoms with Crippen LogP contribution in [0.1, 0.15) is 71.1 Å². The molecule has 3 N–H and O–H groups in total. The molecule has 0 saturated heterocycles. The predicted molar refractivity (Wildman–Crippen MR) is 74.2 cm³/mol. The van der Waals surface area contributed by atoms with Gasteiger partial charge in [0, 0.05) is 6.04 Å². The maximum Gasteiger partial charge on any atom is 0.238 e. The highest BCUT2D eigenvalue weighted by Gasteiger charge is 2.44. The van der Waals surface area contributed by atoms with E-state index in [1.807, 2.05) is 0 Å². The van der Waals surface area contributed by atoms with Crippen LogP contribution in [-0.2, 0) is 4.79 Å². The lowest BCUT2D eigenvalue weighted by molar-refractivity contribution is -0.128. The van der Waals surface area contributed by atoms with Gasteiger partial charge in [-0.3, -0.25) is 4.79 Å². The second kappa shape index (κ2) is 6.05. The third-order valence-corrected chi connectivity index (χ3v) is 5.06. The van der Waals surface area contributed by atoms with Gasteiger partial charge >= 0.3 is 0 Å². The third-order valence-electron chi connectivity index (χ3n) is 5.06. The molecular formula is C15H28N2O. The van der Waals surface area contributed by atoms with Gasteiger partial charge in [-0.1, -0.05) is 45.4 Å². The molecule has 2 saturated carbocycles. The van der Waals surface area contributed by atoms with Crippen LogP contribution >= 0.6 is 0 Å². The van der Waals surface area contributed by atoms with Crippen LogP contribution in [0.3, 0.4) is 0 Å². The van der Waals surface area contributed by atoms with Crippen LogP contribution in [0, 0.1) is 5.92 Å². The Bertz CT molecular complexity index is 284. The largest absolute Gasteiger partial charge is 0.368 e. The number of nitrogens with two attached hydrogens (primary N) is 1. The predicted octanol–water partition coefficient (Wildman–Crippen LogP) is 2.73. The number of carbonyl (C=O) groups is 1. The molecule has 2 aliphatic rings. The molecule has 3 heteroatoms. The van der Waals surface area contributed by atoms with Gasteiger partial charge in [-0.2, -0.15) is 0 Å². The molecule has 0 aromatic carbocycles. The average Bonchev–Trinajstić information content (AvgIpc) is 2.60. The molecule has 0 aromatic rings. The quantitative estimate of drug-likeness (QED) is 0.759. The first-order valence-corrected chi connectivity index (χ1v) is 7.73. The molecule has 1 amide bonds. The van der Waals surface area contributed by atoms with E-state index in [-0.39, 0.29) is 5.91 Å². The molecule has 0 heterocycles. The normalized spacial score (nSPS) is 35.1. The molecule has 3 nitrogen and oxygen atoms in total. The monoisotopic (exact) mass is 252 g/mol. The molecule has 0 spiro atoms. The highest BCUT2D eigenvalue weighted by atomic mass is 16.1. The minimum absolute atomic E-state index is 0.126. The lowest BCUT2D eigenvalue weighted by Gasteiger charge is -2.43. The molecule has 2 atom stereocenters. The molecule has 104 valence electrons. The summed E-state index contributed by atoms with van der Waals surface area (Å²) >= 11 is 0. The van der Waals surface area contributed by atoms with Crippen LogP contribution in [0.5, 0.6) is 0 Å². The van der Waals surface area contributed by atoms with E-state index in [2.05, 4.69) is 12.2 Å². The van der Waals surface area contributed by atoms with E-state index in [0.717, 1.165) is 19.3 Å². The van der Waals surface area contributed by atoms with Gasteiger partial charge in [0.05, 0.1) is 0 Å². The van der Waals surface area contributed by atoms with E-state index in [4.69, 9.17) is 5.73 Å². The number of rotatable bonds is 3. The Morgan fingerprint density at radius 2 is 1.67 bits per heavy atom. The average molecular weight is 252 g/mol. The van der Waals surface area contributed by atoms with E-state index >= 15 is 0 Å². The summed E-state index contributed by atoms with van der Waals surface area (Å²) in [5, 5.41) is 3.69. The summed E-state index contributed by atoms with van der Waals surface area (Å²) in [7, 11) is 0. The second-order valence-electron chi connectivity index (χ2n) is 6.32. The Kier molecular flexibility index (Phi) is 4.66. The van der Waals surface area contributed by atoms with Crippen molar-refractivity contribution in [2.24, 2.45) is 11.7 Å². The summed E-state index contributed by atoms with van der Waals surface area (Å²) in [4.78, 5) is 12.0. The highest BCUT2D eigenvalue weighted by Crippen LogP contribution is 2.35. The fourth-order valence-electron chi connectivity index (χ4n) is 3.79. The summed E-state index contributed by atoms with van der Waals surface area (Å²) in [5.74, 6) is 0.256. The molecule has 0 aromatic heterocycles. The Morgan fingerprint density at radius 3 is 2.22 bits per heavy atom. The topological polar surface area (TPSA) is 55.1 Å². The van der Waals surface area contributed by atoms with Crippen molar-refractivity contribution >= 4 is 5.91 Å².